The van der Waals surface area contributed by atoms with Crippen LogP contribution in [0.5, 0.6) is 0 Å². The Hall–Kier alpha value is -2.82. The van der Waals surface area contributed by atoms with E-state index in [4.69, 9.17) is 15.9 Å². The maximum Gasteiger partial charge on any atom is 0.410 e. The summed E-state index contributed by atoms with van der Waals surface area (Å²) < 4.78 is 5.55. The van der Waals surface area contributed by atoms with Gasteiger partial charge in [-0.1, -0.05) is 67.8 Å². The zero-order chi connectivity index (χ0) is 26.4. The molecule has 3 N–H and O–H groups in total. The molecule has 1 amide bonds. The van der Waals surface area contributed by atoms with Crippen LogP contribution >= 0.6 is 0 Å². The van der Waals surface area contributed by atoms with Crippen LogP contribution in [0.4, 0.5) is 4.79 Å². The first-order chi connectivity index (χ1) is 17.7. The Labute approximate surface area is 223 Å². The third-order valence-electron chi connectivity index (χ3n) is 8.13. The Balaban J connectivity index is 1.20. The average Bonchev–Trinajstić information content (AvgIpc) is 3.37. The number of hydrogen-bond donors (Lipinski definition) is 2. The smallest absolute Gasteiger partial charge is 0.410 e. The van der Waals surface area contributed by atoms with Crippen molar-refractivity contribution in [2.75, 3.05) is 13.1 Å². The Morgan fingerprint density at radius 2 is 1.51 bits per heavy atom. The molecule has 1 saturated heterocycles. The Kier molecular flexibility index (Phi) is 8.94. The normalized spacial score (nSPS) is 22.1. The third kappa shape index (κ3) is 8.08. The number of benzene rings is 2. The van der Waals surface area contributed by atoms with Gasteiger partial charge in [-0.25, -0.2) is 4.79 Å². The lowest BCUT2D eigenvalue weighted by atomic mass is 9.77. The molecule has 0 radical (unpaired) electrons. The zero-order valence-electron chi connectivity index (χ0n) is 23.0. The first-order valence-electron chi connectivity index (χ1n) is 14.2. The molecule has 2 aliphatic rings. The van der Waals surface area contributed by atoms with Gasteiger partial charge in [0.15, 0.2) is 0 Å². The molecule has 2 fully saturated rings. The van der Waals surface area contributed by atoms with Crippen LogP contribution in [0.1, 0.15) is 93.9 Å². The van der Waals surface area contributed by atoms with E-state index in [9.17, 15) is 4.79 Å². The number of nitrogen functional groups attached to an aromatic ring is 1. The fraction of sp³-hybridized carbons (Fsp3) is 0.562. The van der Waals surface area contributed by atoms with E-state index in [1.165, 1.54) is 55.2 Å². The quantitative estimate of drug-likeness (QED) is 0.299. The summed E-state index contributed by atoms with van der Waals surface area (Å²) in [6, 6.07) is 17.3. The molecule has 1 unspecified atom stereocenters. The van der Waals surface area contributed by atoms with Gasteiger partial charge in [0.2, 0.25) is 0 Å². The van der Waals surface area contributed by atoms with Gasteiger partial charge in [0, 0.05) is 24.6 Å². The van der Waals surface area contributed by atoms with Crippen LogP contribution in [0.15, 0.2) is 48.5 Å². The Morgan fingerprint density at radius 1 is 0.946 bits per heavy atom. The van der Waals surface area contributed by atoms with Crippen molar-refractivity contribution in [3.05, 3.63) is 70.8 Å². The predicted molar refractivity (Wildman–Crippen MR) is 151 cm³/mol. The van der Waals surface area contributed by atoms with Crippen LogP contribution in [-0.2, 0) is 17.6 Å². The second-order valence-corrected chi connectivity index (χ2v) is 12.2. The van der Waals surface area contributed by atoms with Crippen molar-refractivity contribution in [2.24, 2.45) is 17.6 Å². The number of hydrogen-bond acceptors (Lipinski definition) is 3. The van der Waals surface area contributed by atoms with E-state index in [1.807, 2.05) is 37.8 Å². The maximum atomic E-state index is 12.4. The first kappa shape index (κ1) is 27.2. The number of likely N-dealkylation sites (tertiary alicyclic amines) is 1. The molecule has 4 rings (SSSR count). The molecular formula is C32H45N3O2. The predicted octanol–water partition coefficient (Wildman–Crippen LogP) is 7.07. The van der Waals surface area contributed by atoms with E-state index < -0.39 is 5.60 Å². The van der Waals surface area contributed by atoms with E-state index in [2.05, 4.69) is 36.4 Å². The zero-order valence-corrected chi connectivity index (χ0v) is 23.0. The van der Waals surface area contributed by atoms with Gasteiger partial charge in [-0.2, -0.15) is 0 Å². The van der Waals surface area contributed by atoms with E-state index in [-0.39, 0.29) is 11.9 Å². The SMILES string of the molecule is CC(C)(C)OC(=O)N1CCC(c2ccc(CC[C@H]3CCC[C@@H](CCc4ccc(C(=N)N)cc4)C3)cc2)C1. The van der Waals surface area contributed by atoms with Crippen molar-refractivity contribution in [3.63, 3.8) is 0 Å². The summed E-state index contributed by atoms with van der Waals surface area (Å²) in [5, 5.41) is 7.55. The van der Waals surface area contributed by atoms with Gasteiger partial charge >= 0.3 is 6.09 Å². The number of carbonyl (C=O) groups is 1. The van der Waals surface area contributed by atoms with Crippen LogP contribution in [0.25, 0.3) is 0 Å². The molecule has 2 aromatic rings. The van der Waals surface area contributed by atoms with Crippen LogP contribution in [0.3, 0.4) is 0 Å². The molecule has 0 spiro atoms. The summed E-state index contributed by atoms with van der Waals surface area (Å²) in [5.74, 6) is 2.19. The molecule has 1 aliphatic carbocycles. The number of amides is 1. The van der Waals surface area contributed by atoms with Crippen LogP contribution in [0.2, 0.25) is 0 Å². The van der Waals surface area contributed by atoms with Gasteiger partial charge in [-0.05, 0) is 87.8 Å². The van der Waals surface area contributed by atoms with Crippen molar-refractivity contribution in [1.29, 1.82) is 5.41 Å². The molecule has 5 nitrogen and oxygen atoms in total. The molecule has 37 heavy (non-hydrogen) atoms. The number of nitrogens with two attached hydrogens (primary N) is 1. The summed E-state index contributed by atoms with van der Waals surface area (Å²) in [7, 11) is 0. The molecule has 5 heteroatoms. The van der Waals surface area contributed by atoms with E-state index in [0.29, 0.717) is 5.92 Å². The van der Waals surface area contributed by atoms with E-state index >= 15 is 0 Å². The first-order valence-corrected chi connectivity index (χ1v) is 14.2. The lowest BCUT2D eigenvalue weighted by molar-refractivity contribution is 0.0292. The highest BCUT2D eigenvalue weighted by Gasteiger charge is 2.30. The highest BCUT2D eigenvalue weighted by Crippen LogP contribution is 2.35. The molecule has 0 aromatic heterocycles. The van der Waals surface area contributed by atoms with E-state index in [1.54, 1.807) is 0 Å². The van der Waals surface area contributed by atoms with Crippen molar-refractivity contribution >= 4 is 11.9 Å². The minimum absolute atomic E-state index is 0.139. The van der Waals surface area contributed by atoms with Gasteiger partial charge < -0.3 is 15.4 Å². The molecule has 2 aromatic carbocycles. The molecule has 200 valence electrons. The van der Waals surface area contributed by atoms with Crippen LogP contribution in [0, 0.1) is 17.2 Å². The second kappa shape index (κ2) is 12.1. The second-order valence-electron chi connectivity index (χ2n) is 12.2. The lowest BCUT2D eigenvalue weighted by Crippen LogP contribution is -2.35. The van der Waals surface area contributed by atoms with E-state index in [0.717, 1.165) is 49.8 Å². The van der Waals surface area contributed by atoms with Crippen molar-refractivity contribution in [1.82, 2.24) is 4.90 Å². The van der Waals surface area contributed by atoms with Gasteiger partial charge in [0.05, 0.1) is 0 Å². The summed E-state index contributed by atoms with van der Waals surface area (Å²) >= 11 is 0. The Bertz CT molecular complexity index is 1040. The average molecular weight is 504 g/mol. The summed E-state index contributed by atoms with van der Waals surface area (Å²) in [6.07, 6.45) is 11.0. The molecule has 3 atom stereocenters. The fourth-order valence-electron chi connectivity index (χ4n) is 6.00. The molecular weight excluding hydrogens is 458 g/mol. The highest BCUT2D eigenvalue weighted by molar-refractivity contribution is 5.94. The summed E-state index contributed by atoms with van der Waals surface area (Å²) in [6.45, 7) is 7.28. The van der Waals surface area contributed by atoms with Gasteiger partial charge in [0.25, 0.3) is 0 Å². The number of nitrogens with zero attached hydrogens (tertiary/aromatic N) is 1. The topological polar surface area (TPSA) is 79.4 Å². The van der Waals surface area contributed by atoms with Gasteiger partial charge in [-0.3, -0.25) is 5.41 Å². The minimum atomic E-state index is -0.446. The lowest BCUT2D eigenvalue weighted by Gasteiger charge is -2.29. The number of carbonyl (C=O) groups excluding carboxylic acids is 1. The maximum absolute atomic E-state index is 12.4. The van der Waals surface area contributed by atoms with Crippen LogP contribution in [-0.4, -0.2) is 35.5 Å². The van der Waals surface area contributed by atoms with Crippen molar-refractivity contribution in [3.8, 4) is 0 Å². The molecule has 0 bridgehead atoms. The number of amidine groups is 1. The number of nitrogens with one attached hydrogen (secondary N) is 1. The van der Waals surface area contributed by atoms with Gasteiger partial charge in [0.1, 0.15) is 11.4 Å². The van der Waals surface area contributed by atoms with Crippen molar-refractivity contribution < 1.29 is 9.53 Å². The standard InChI is InChI=1S/C32H45N3O2/c1-32(2,3)37-31(36)35-20-19-29(22-35)27-15-11-23(12-16-27)7-9-25-5-4-6-26(21-25)10-8-24-13-17-28(18-14-24)30(33)34/h11-18,25-26,29H,4-10,19-22H2,1-3H3,(H3,33,34)/t25-,26+,29?/m1/s1. The van der Waals surface area contributed by atoms with Gasteiger partial charge in [-0.15, -0.1) is 0 Å². The fourth-order valence-corrected chi connectivity index (χ4v) is 6.00. The van der Waals surface area contributed by atoms with Crippen LogP contribution < -0.4 is 5.73 Å². The Morgan fingerprint density at radius 3 is 2.05 bits per heavy atom. The number of ether oxygens (including phenoxy) is 1. The number of rotatable bonds is 8. The monoisotopic (exact) mass is 503 g/mol. The third-order valence-corrected chi connectivity index (χ3v) is 8.13. The minimum Gasteiger partial charge on any atom is -0.444 e. The molecule has 1 heterocycles. The largest absolute Gasteiger partial charge is 0.444 e. The number of aryl methyl sites for hydroxylation is 2. The highest BCUT2D eigenvalue weighted by atomic mass is 16.6. The summed E-state index contributed by atoms with van der Waals surface area (Å²) in [4.78, 5) is 14.2. The van der Waals surface area contributed by atoms with Crippen molar-refractivity contribution in [2.45, 2.75) is 90.1 Å². The molecule has 1 saturated carbocycles. The molecule has 1 aliphatic heterocycles. The summed E-state index contributed by atoms with van der Waals surface area (Å²) in [5.41, 5.74) is 10.1.